The summed E-state index contributed by atoms with van der Waals surface area (Å²) < 4.78 is 18.3. The molecule has 1 rings (SSSR count). The van der Waals surface area contributed by atoms with Crippen molar-refractivity contribution in [2.45, 2.75) is 6.42 Å². The lowest BCUT2D eigenvalue weighted by Crippen LogP contribution is -2.27. The van der Waals surface area contributed by atoms with Crippen molar-refractivity contribution in [3.63, 3.8) is 0 Å². The first kappa shape index (κ1) is 14.9. The fourth-order valence-electron chi connectivity index (χ4n) is 1.35. The summed E-state index contributed by atoms with van der Waals surface area (Å²) in [6.45, 7) is 0. The van der Waals surface area contributed by atoms with E-state index >= 15 is 0 Å². The summed E-state index contributed by atoms with van der Waals surface area (Å²) in [5.74, 6) is -4.40. The zero-order valence-corrected chi connectivity index (χ0v) is 11.6. The fraction of sp³-hybridized carbons (Fsp3) is 0.273. The molecule has 0 amide bonds. The summed E-state index contributed by atoms with van der Waals surface area (Å²) in [6, 6.07) is 2.40. The molecule has 0 saturated carbocycles. The second kappa shape index (κ2) is 6.15. The first-order valence-electron chi connectivity index (χ1n) is 4.81. The molecule has 7 heteroatoms. The number of benzene rings is 1. The number of rotatable bonds is 4. The van der Waals surface area contributed by atoms with Gasteiger partial charge in [-0.15, -0.1) is 0 Å². The highest BCUT2D eigenvalue weighted by atomic mass is 79.9. The van der Waals surface area contributed by atoms with Gasteiger partial charge in [0.2, 0.25) is 0 Å². The number of hydrogen-bond acceptors (Lipinski definition) is 3. The lowest BCUT2D eigenvalue weighted by molar-refractivity contribution is -0.156. The zero-order chi connectivity index (χ0) is 13.9. The van der Waals surface area contributed by atoms with E-state index in [2.05, 4.69) is 20.7 Å². The topological polar surface area (TPSA) is 63.6 Å². The Hall–Kier alpha value is -1.14. The van der Waals surface area contributed by atoms with Gasteiger partial charge in [0.05, 0.1) is 12.1 Å². The predicted molar refractivity (Wildman–Crippen MR) is 66.0 cm³/mol. The van der Waals surface area contributed by atoms with Crippen LogP contribution in [0.1, 0.15) is 5.56 Å². The third-order valence-electron chi connectivity index (χ3n) is 2.30. The van der Waals surface area contributed by atoms with Gasteiger partial charge in [-0.2, -0.15) is 0 Å². The van der Waals surface area contributed by atoms with Gasteiger partial charge in [-0.1, -0.05) is 11.6 Å². The van der Waals surface area contributed by atoms with Crippen LogP contribution in [-0.2, 0) is 20.7 Å². The molecule has 0 saturated heterocycles. The van der Waals surface area contributed by atoms with Crippen LogP contribution in [0.4, 0.5) is 4.39 Å². The highest BCUT2D eigenvalue weighted by Gasteiger charge is 2.28. The molecule has 0 bridgehead atoms. The molecule has 0 aromatic heterocycles. The number of esters is 1. The molecule has 18 heavy (non-hydrogen) atoms. The van der Waals surface area contributed by atoms with Gasteiger partial charge in [0.25, 0.3) is 0 Å². The van der Waals surface area contributed by atoms with Crippen molar-refractivity contribution in [3.8, 4) is 0 Å². The fourth-order valence-corrected chi connectivity index (χ4v) is 1.86. The van der Waals surface area contributed by atoms with E-state index in [1.165, 1.54) is 6.07 Å². The Morgan fingerprint density at radius 3 is 2.67 bits per heavy atom. The monoisotopic (exact) mass is 338 g/mol. The minimum absolute atomic E-state index is 0.0426. The van der Waals surface area contributed by atoms with Gasteiger partial charge in [-0.3, -0.25) is 9.59 Å². The van der Waals surface area contributed by atoms with Crippen LogP contribution in [-0.4, -0.2) is 24.2 Å². The van der Waals surface area contributed by atoms with Crippen molar-refractivity contribution in [1.82, 2.24) is 0 Å². The zero-order valence-electron chi connectivity index (χ0n) is 9.25. The molecule has 0 aliphatic carbocycles. The summed E-state index contributed by atoms with van der Waals surface area (Å²) in [6.07, 6.45) is -0.319. The van der Waals surface area contributed by atoms with E-state index < -0.39 is 23.7 Å². The van der Waals surface area contributed by atoms with E-state index in [-0.39, 0.29) is 17.0 Å². The highest BCUT2D eigenvalue weighted by molar-refractivity contribution is 9.10. The smallest absolute Gasteiger partial charge is 0.320 e. The molecule has 4 nitrogen and oxygen atoms in total. The molecule has 1 unspecified atom stereocenters. The minimum atomic E-state index is -1.46. The van der Waals surface area contributed by atoms with Gasteiger partial charge in [-0.25, -0.2) is 4.39 Å². The standard InChI is InChI=1S/C11H9BrClFO4/c1-18-11(17)6(10(15)16)2-5-3-8(13)7(12)4-9(5)14/h3-4,6H,2H2,1H3,(H,15,16). The van der Waals surface area contributed by atoms with Gasteiger partial charge in [0, 0.05) is 4.47 Å². The first-order chi connectivity index (χ1) is 8.36. The van der Waals surface area contributed by atoms with Crippen molar-refractivity contribution >= 4 is 39.5 Å². The molecule has 0 aliphatic rings. The molecular formula is C11H9BrClFO4. The van der Waals surface area contributed by atoms with Crippen LogP contribution >= 0.6 is 27.5 Å². The van der Waals surface area contributed by atoms with Crippen molar-refractivity contribution in [3.05, 3.63) is 33.0 Å². The second-order valence-electron chi connectivity index (χ2n) is 3.48. The summed E-state index contributed by atoms with van der Waals surface area (Å²) in [5, 5.41) is 9.12. The molecule has 0 fully saturated rings. The molecule has 1 aromatic carbocycles. The van der Waals surface area contributed by atoms with Gasteiger partial charge in [-0.05, 0) is 40.0 Å². The van der Waals surface area contributed by atoms with E-state index in [4.69, 9.17) is 16.7 Å². The highest BCUT2D eigenvalue weighted by Crippen LogP contribution is 2.27. The quantitative estimate of drug-likeness (QED) is 0.520. The third kappa shape index (κ3) is 3.43. The Bertz CT molecular complexity index is 492. The number of carbonyl (C=O) groups is 2. The van der Waals surface area contributed by atoms with Crippen LogP contribution in [0.2, 0.25) is 5.02 Å². The predicted octanol–water partition coefficient (Wildman–Crippen LogP) is 2.66. The summed E-state index contributed by atoms with van der Waals surface area (Å²) >= 11 is 8.82. The van der Waals surface area contributed by atoms with E-state index in [1.807, 2.05) is 0 Å². The molecular weight excluding hydrogens is 330 g/mol. The molecule has 1 atom stereocenters. The summed E-state index contributed by atoms with van der Waals surface area (Å²) in [4.78, 5) is 22.2. The van der Waals surface area contributed by atoms with E-state index in [1.54, 1.807) is 0 Å². The van der Waals surface area contributed by atoms with E-state index in [0.717, 1.165) is 13.2 Å². The van der Waals surface area contributed by atoms with Crippen LogP contribution in [0, 0.1) is 11.7 Å². The molecule has 1 aromatic rings. The number of carboxylic acids is 1. The number of hydrogen-bond donors (Lipinski definition) is 1. The van der Waals surface area contributed by atoms with Crippen molar-refractivity contribution < 1.29 is 23.8 Å². The Balaban J connectivity index is 3.05. The van der Waals surface area contributed by atoms with Crippen LogP contribution in [0.25, 0.3) is 0 Å². The molecule has 0 radical (unpaired) electrons. The maximum Gasteiger partial charge on any atom is 0.320 e. The van der Waals surface area contributed by atoms with Crippen LogP contribution in [0.5, 0.6) is 0 Å². The van der Waals surface area contributed by atoms with Crippen molar-refractivity contribution in [2.24, 2.45) is 5.92 Å². The van der Waals surface area contributed by atoms with Crippen LogP contribution in [0.3, 0.4) is 0 Å². The average molecular weight is 340 g/mol. The van der Waals surface area contributed by atoms with E-state index in [9.17, 15) is 14.0 Å². The Labute approximate surface area is 116 Å². The molecule has 0 heterocycles. The Kier molecular flexibility index (Phi) is 5.10. The van der Waals surface area contributed by atoms with Gasteiger partial charge < -0.3 is 9.84 Å². The second-order valence-corrected chi connectivity index (χ2v) is 4.74. The van der Waals surface area contributed by atoms with Gasteiger partial charge >= 0.3 is 11.9 Å². The van der Waals surface area contributed by atoms with E-state index in [0.29, 0.717) is 4.47 Å². The average Bonchev–Trinajstić information content (AvgIpc) is 2.30. The lowest BCUT2D eigenvalue weighted by atomic mass is 9.99. The van der Waals surface area contributed by atoms with Gasteiger partial charge in [0.1, 0.15) is 5.82 Å². The molecule has 0 aliphatic heterocycles. The summed E-state index contributed by atoms with van der Waals surface area (Å²) in [7, 11) is 1.07. The Morgan fingerprint density at radius 1 is 1.56 bits per heavy atom. The SMILES string of the molecule is COC(=O)C(Cc1cc(Cl)c(Br)cc1F)C(=O)O. The maximum atomic E-state index is 13.6. The largest absolute Gasteiger partial charge is 0.481 e. The number of methoxy groups -OCH3 is 1. The molecule has 1 N–H and O–H groups in total. The first-order valence-corrected chi connectivity index (χ1v) is 5.98. The maximum absolute atomic E-state index is 13.6. The Morgan fingerprint density at radius 2 is 2.17 bits per heavy atom. The molecule has 98 valence electrons. The van der Waals surface area contributed by atoms with Crippen molar-refractivity contribution in [2.75, 3.05) is 7.11 Å². The van der Waals surface area contributed by atoms with Crippen LogP contribution < -0.4 is 0 Å². The number of carbonyl (C=O) groups excluding carboxylic acids is 1. The number of halogens is 3. The number of aliphatic carboxylic acids is 1. The normalized spacial score (nSPS) is 12.0. The summed E-state index contributed by atoms with van der Waals surface area (Å²) in [5.41, 5.74) is 0.0426. The minimum Gasteiger partial charge on any atom is -0.481 e. The molecule has 0 spiro atoms. The van der Waals surface area contributed by atoms with Crippen molar-refractivity contribution in [1.29, 1.82) is 0 Å². The van der Waals surface area contributed by atoms with Gasteiger partial charge in [0.15, 0.2) is 5.92 Å². The van der Waals surface area contributed by atoms with Crippen LogP contribution in [0.15, 0.2) is 16.6 Å². The number of ether oxygens (including phenoxy) is 1. The third-order valence-corrected chi connectivity index (χ3v) is 3.49. The lowest BCUT2D eigenvalue weighted by Gasteiger charge is -2.11. The number of carboxylic acid groups (broad SMARTS) is 1.